The van der Waals surface area contributed by atoms with Crippen molar-refractivity contribution < 1.29 is 8.42 Å². The van der Waals surface area contributed by atoms with Crippen LogP contribution in [0.3, 0.4) is 0 Å². The summed E-state index contributed by atoms with van der Waals surface area (Å²) in [6, 6.07) is 0. The van der Waals surface area contributed by atoms with Gasteiger partial charge in [-0.05, 0) is 43.9 Å². The predicted octanol–water partition coefficient (Wildman–Crippen LogP) is 1.85. The maximum atomic E-state index is 12.0. The van der Waals surface area contributed by atoms with E-state index in [0.29, 0.717) is 17.6 Å². The molecule has 2 rings (SSSR count). The van der Waals surface area contributed by atoms with Crippen molar-refractivity contribution in [1.29, 1.82) is 0 Å². The number of sulfonamides is 1. The molecular weight excluding hydrogens is 210 g/mol. The van der Waals surface area contributed by atoms with Gasteiger partial charge in [0.25, 0.3) is 0 Å². The fourth-order valence-electron chi connectivity index (χ4n) is 1.87. The van der Waals surface area contributed by atoms with Crippen LogP contribution in [0, 0.1) is 11.8 Å². The summed E-state index contributed by atoms with van der Waals surface area (Å²) in [6.07, 6.45) is 5.63. The molecule has 88 valence electrons. The number of hydrogen-bond acceptors (Lipinski definition) is 2. The zero-order valence-electron chi connectivity index (χ0n) is 9.48. The van der Waals surface area contributed by atoms with E-state index in [4.69, 9.17) is 0 Å². The summed E-state index contributed by atoms with van der Waals surface area (Å²) in [7, 11) is -2.95. The van der Waals surface area contributed by atoms with Crippen molar-refractivity contribution in [2.75, 3.05) is 18.8 Å². The quantitative estimate of drug-likeness (QED) is 0.670. The zero-order valence-corrected chi connectivity index (χ0v) is 10.3. The van der Waals surface area contributed by atoms with Crippen molar-refractivity contribution in [3.8, 4) is 0 Å². The summed E-state index contributed by atoms with van der Waals surface area (Å²) in [5.74, 6) is 1.65. The molecular formula is C11H21NO2S. The molecule has 2 saturated carbocycles. The molecule has 0 unspecified atom stereocenters. The van der Waals surface area contributed by atoms with Gasteiger partial charge in [-0.2, -0.15) is 0 Å². The second kappa shape index (κ2) is 4.42. The molecule has 2 aliphatic carbocycles. The van der Waals surface area contributed by atoms with Crippen LogP contribution in [0.2, 0.25) is 0 Å². The van der Waals surface area contributed by atoms with Crippen LogP contribution in [0.5, 0.6) is 0 Å². The lowest BCUT2D eigenvalue weighted by atomic mass is 10.4. The van der Waals surface area contributed by atoms with E-state index in [-0.39, 0.29) is 0 Å². The van der Waals surface area contributed by atoms with E-state index in [1.54, 1.807) is 4.31 Å². The van der Waals surface area contributed by atoms with Gasteiger partial charge in [-0.3, -0.25) is 0 Å². The largest absolute Gasteiger partial charge is 0.214 e. The van der Waals surface area contributed by atoms with Crippen LogP contribution in [0.1, 0.15) is 39.0 Å². The van der Waals surface area contributed by atoms with Crippen molar-refractivity contribution in [3.63, 3.8) is 0 Å². The molecule has 0 amide bonds. The number of hydrogen-bond donors (Lipinski definition) is 0. The van der Waals surface area contributed by atoms with E-state index in [1.165, 1.54) is 25.7 Å². The highest BCUT2D eigenvalue weighted by Gasteiger charge is 2.34. The first-order chi connectivity index (χ1) is 7.12. The predicted molar refractivity (Wildman–Crippen MR) is 61.1 cm³/mol. The van der Waals surface area contributed by atoms with Crippen LogP contribution in [0.4, 0.5) is 0 Å². The highest BCUT2D eigenvalue weighted by molar-refractivity contribution is 7.89. The average Bonchev–Trinajstić information content (AvgIpc) is 2.96. The van der Waals surface area contributed by atoms with Gasteiger partial charge in [0, 0.05) is 13.1 Å². The first kappa shape index (κ1) is 11.4. The molecule has 2 aliphatic rings. The van der Waals surface area contributed by atoms with E-state index >= 15 is 0 Å². The average molecular weight is 231 g/mol. The monoisotopic (exact) mass is 231 g/mol. The number of nitrogens with zero attached hydrogens (tertiary/aromatic N) is 1. The second-order valence-corrected chi connectivity index (χ2v) is 7.11. The van der Waals surface area contributed by atoms with Crippen molar-refractivity contribution in [2.45, 2.75) is 39.0 Å². The summed E-state index contributed by atoms with van der Waals surface area (Å²) in [4.78, 5) is 0. The molecule has 2 fully saturated rings. The normalized spacial score (nSPS) is 22.3. The van der Waals surface area contributed by atoms with Crippen LogP contribution < -0.4 is 0 Å². The Balaban J connectivity index is 1.94. The van der Waals surface area contributed by atoms with Crippen molar-refractivity contribution in [1.82, 2.24) is 4.31 Å². The topological polar surface area (TPSA) is 37.4 Å². The Kier molecular flexibility index (Phi) is 3.36. The van der Waals surface area contributed by atoms with Crippen LogP contribution in [-0.4, -0.2) is 31.6 Å². The Bertz CT molecular complexity index is 291. The van der Waals surface area contributed by atoms with Gasteiger partial charge in [0.1, 0.15) is 0 Å². The van der Waals surface area contributed by atoms with Crippen molar-refractivity contribution >= 4 is 10.0 Å². The highest BCUT2D eigenvalue weighted by Crippen LogP contribution is 2.34. The molecule has 0 aromatic carbocycles. The SMILES string of the molecule is CCCS(=O)(=O)N(CC1CC1)CC1CC1. The van der Waals surface area contributed by atoms with Crippen LogP contribution >= 0.6 is 0 Å². The summed E-state index contributed by atoms with van der Waals surface area (Å²) >= 11 is 0. The fourth-order valence-corrected chi connectivity index (χ4v) is 3.52. The molecule has 0 heterocycles. The van der Waals surface area contributed by atoms with Crippen LogP contribution in [-0.2, 0) is 10.0 Å². The third kappa shape index (κ3) is 3.45. The number of rotatable bonds is 7. The molecule has 4 heteroatoms. The molecule has 0 radical (unpaired) electrons. The fraction of sp³-hybridized carbons (Fsp3) is 1.00. The lowest BCUT2D eigenvalue weighted by Gasteiger charge is -2.21. The van der Waals surface area contributed by atoms with Gasteiger partial charge >= 0.3 is 0 Å². The highest BCUT2D eigenvalue weighted by atomic mass is 32.2. The Morgan fingerprint density at radius 3 is 1.87 bits per heavy atom. The van der Waals surface area contributed by atoms with E-state index in [9.17, 15) is 8.42 Å². The third-order valence-corrected chi connectivity index (χ3v) is 5.18. The molecule has 0 aliphatic heterocycles. The van der Waals surface area contributed by atoms with Gasteiger partial charge in [-0.25, -0.2) is 12.7 Å². The van der Waals surface area contributed by atoms with E-state index < -0.39 is 10.0 Å². The zero-order chi connectivity index (χ0) is 10.9. The van der Waals surface area contributed by atoms with Crippen molar-refractivity contribution in [3.05, 3.63) is 0 Å². The van der Waals surface area contributed by atoms with Crippen LogP contribution in [0.25, 0.3) is 0 Å². The Hall–Kier alpha value is -0.0900. The molecule has 15 heavy (non-hydrogen) atoms. The summed E-state index contributed by atoms with van der Waals surface area (Å²) in [5, 5.41) is 0. The third-order valence-electron chi connectivity index (χ3n) is 3.17. The minimum atomic E-state index is -2.95. The van der Waals surface area contributed by atoms with Gasteiger partial charge in [-0.1, -0.05) is 6.92 Å². The summed E-state index contributed by atoms with van der Waals surface area (Å²) in [6.45, 7) is 3.52. The maximum Gasteiger partial charge on any atom is 0.214 e. The smallest absolute Gasteiger partial charge is 0.212 e. The lowest BCUT2D eigenvalue weighted by Crippen LogP contribution is -2.36. The molecule has 0 spiro atoms. The van der Waals surface area contributed by atoms with E-state index in [0.717, 1.165) is 19.5 Å². The summed E-state index contributed by atoms with van der Waals surface area (Å²) < 4.78 is 25.7. The van der Waals surface area contributed by atoms with Crippen LogP contribution in [0.15, 0.2) is 0 Å². The van der Waals surface area contributed by atoms with Gasteiger partial charge in [0.2, 0.25) is 10.0 Å². The van der Waals surface area contributed by atoms with Gasteiger partial charge < -0.3 is 0 Å². The molecule has 3 nitrogen and oxygen atoms in total. The van der Waals surface area contributed by atoms with E-state index in [2.05, 4.69) is 0 Å². The molecule has 0 saturated heterocycles. The second-order valence-electron chi connectivity index (χ2n) is 5.02. The van der Waals surface area contributed by atoms with Gasteiger partial charge in [0.05, 0.1) is 5.75 Å². The van der Waals surface area contributed by atoms with Gasteiger partial charge in [-0.15, -0.1) is 0 Å². The van der Waals surface area contributed by atoms with Crippen molar-refractivity contribution in [2.24, 2.45) is 11.8 Å². The lowest BCUT2D eigenvalue weighted by molar-refractivity contribution is 0.382. The molecule has 0 N–H and O–H groups in total. The minimum absolute atomic E-state index is 0.326. The summed E-state index contributed by atoms with van der Waals surface area (Å²) in [5.41, 5.74) is 0. The Morgan fingerprint density at radius 1 is 1.07 bits per heavy atom. The molecule has 0 bridgehead atoms. The first-order valence-corrected chi connectivity index (χ1v) is 7.70. The molecule has 0 atom stereocenters. The Labute approximate surface area is 92.9 Å². The molecule has 0 aromatic rings. The minimum Gasteiger partial charge on any atom is -0.212 e. The first-order valence-electron chi connectivity index (χ1n) is 6.09. The van der Waals surface area contributed by atoms with E-state index in [1.807, 2.05) is 6.92 Å². The Morgan fingerprint density at radius 2 is 1.53 bits per heavy atom. The molecule has 0 aromatic heterocycles. The van der Waals surface area contributed by atoms with Gasteiger partial charge in [0.15, 0.2) is 0 Å². The standard InChI is InChI=1S/C11H21NO2S/c1-2-7-15(13,14)12(8-10-3-4-10)9-11-5-6-11/h10-11H,2-9H2,1H3. The maximum absolute atomic E-state index is 12.0.